The van der Waals surface area contributed by atoms with Crippen molar-refractivity contribution in [3.05, 3.63) is 11.5 Å². The topological polar surface area (TPSA) is 26.3 Å². The molecule has 64 valence electrons. The Kier molecular flexibility index (Phi) is 5.03. The van der Waals surface area contributed by atoms with Crippen molar-refractivity contribution in [1.29, 1.82) is 0 Å². The molecular weight excluding hydrogens is 160 g/mol. The molecule has 3 heteroatoms. The van der Waals surface area contributed by atoms with E-state index >= 15 is 0 Å². The molecule has 11 heavy (non-hydrogen) atoms. The Morgan fingerprint density at radius 2 is 2.18 bits per heavy atom. The second-order valence-electron chi connectivity index (χ2n) is 2.77. The van der Waals surface area contributed by atoms with Crippen LogP contribution in [0, 0.1) is 5.92 Å². The van der Waals surface area contributed by atoms with E-state index in [2.05, 4.69) is 33.1 Å². The molecule has 0 amide bonds. The minimum atomic E-state index is -0.422. The van der Waals surface area contributed by atoms with Crippen LogP contribution in [0.1, 0.15) is 20.3 Å². The van der Waals surface area contributed by atoms with E-state index in [9.17, 15) is 4.79 Å². The highest BCUT2D eigenvalue weighted by atomic mass is 32.1. The molecule has 0 aromatic rings. The first-order valence-electron chi connectivity index (χ1n) is 3.59. The largest absolute Gasteiger partial charge is 0.462 e. The highest BCUT2D eigenvalue weighted by Crippen LogP contribution is 2.03. The third-order valence-electron chi connectivity index (χ3n) is 1.16. The molecule has 0 rings (SSSR count). The second-order valence-corrected chi connectivity index (χ2v) is 3.30. The molecular formula is C8H14O2S. The van der Waals surface area contributed by atoms with E-state index in [0.29, 0.717) is 12.5 Å². The Morgan fingerprint density at radius 1 is 1.64 bits per heavy atom. The van der Waals surface area contributed by atoms with E-state index in [1.165, 1.54) is 0 Å². The van der Waals surface area contributed by atoms with Gasteiger partial charge in [-0.05, 0) is 12.3 Å². The second kappa shape index (κ2) is 5.24. The van der Waals surface area contributed by atoms with Crippen LogP contribution in [-0.2, 0) is 9.53 Å². The van der Waals surface area contributed by atoms with Crippen molar-refractivity contribution in [2.24, 2.45) is 5.92 Å². The van der Waals surface area contributed by atoms with Gasteiger partial charge in [0, 0.05) is 0 Å². The molecule has 0 aromatic carbocycles. The van der Waals surface area contributed by atoms with Crippen molar-refractivity contribution in [3.8, 4) is 0 Å². The van der Waals surface area contributed by atoms with Gasteiger partial charge in [-0.15, -0.1) is 12.6 Å². The molecule has 0 saturated heterocycles. The zero-order chi connectivity index (χ0) is 8.85. The predicted octanol–water partition coefficient (Wildman–Crippen LogP) is 2.02. The maximum Gasteiger partial charge on any atom is 0.343 e. The lowest BCUT2D eigenvalue weighted by Gasteiger charge is -2.05. The van der Waals surface area contributed by atoms with Crippen LogP contribution in [0.2, 0.25) is 0 Å². The average molecular weight is 174 g/mol. The Morgan fingerprint density at radius 3 is 2.55 bits per heavy atom. The van der Waals surface area contributed by atoms with E-state index in [4.69, 9.17) is 4.74 Å². The maximum absolute atomic E-state index is 10.7. The first-order valence-corrected chi connectivity index (χ1v) is 4.03. The van der Waals surface area contributed by atoms with Crippen LogP contribution in [0.4, 0.5) is 0 Å². The van der Waals surface area contributed by atoms with E-state index in [1.807, 2.05) is 0 Å². The van der Waals surface area contributed by atoms with Gasteiger partial charge in [-0.2, -0.15) is 0 Å². The number of ether oxygens (including phenoxy) is 1. The number of hydrogen-bond donors (Lipinski definition) is 1. The van der Waals surface area contributed by atoms with Crippen LogP contribution in [0.15, 0.2) is 11.5 Å². The smallest absolute Gasteiger partial charge is 0.343 e. The Hall–Kier alpha value is -0.440. The first kappa shape index (κ1) is 10.6. The highest BCUT2D eigenvalue weighted by molar-refractivity contribution is 7.85. The summed E-state index contributed by atoms with van der Waals surface area (Å²) >= 11 is 3.75. The van der Waals surface area contributed by atoms with Crippen molar-refractivity contribution in [2.75, 3.05) is 6.61 Å². The van der Waals surface area contributed by atoms with Crippen LogP contribution in [0.5, 0.6) is 0 Å². The van der Waals surface area contributed by atoms with Gasteiger partial charge in [-0.3, -0.25) is 0 Å². The Balaban J connectivity index is 3.40. The van der Waals surface area contributed by atoms with Crippen molar-refractivity contribution in [2.45, 2.75) is 20.3 Å². The minimum absolute atomic E-state index is 0.161. The van der Waals surface area contributed by atoms with Crippen LogP contribution in [0.3, 0.4) is 0 Å². The number of hydrogen-bond acceptors (Lipinski definition) is 3. The normalized spacial score (nSPS) is 9.82. The van der Waals surface area contributed by atoms with Crippen molar-refractivity contribution < 1.29 is 9.53 Å². The summed E-state index contributed by atoms with van der Waals surface area (Å²) in [5.41, 5.74) is 0. The van der Waals surface area contributed by atoms with E-state index in [1.54, 1.807) is 0 Å². The van der Waals surface area contributed by atoms with Gasteiger partial charge in [-0.1, -0.05) is 20.4 Å². The van der Waals surface area contributed by atoms with Crippen molar-refractivity contribution in [1.82, 2.24) is 0 Å². The third kappa shape index (κ3) is 5.98. The lowest BCUT2D eigenvalue weighted by molar-refractivity contribution is -0.138. The molecule has 0 aromatic heterocycles. The number of esters is 1. The molecule has 0 fully saturated rings. The minimum Gasteiger partial charge on any atom is -0.462 e. The number of thiol groups is 1. The Bertz CT molecular complexity index is 152. The van der Waals surface area contributed by atoms with E-state index < -0.39 is 5.97 Å². The van der Waals surface area contributed by atoms with Gasteiger partial charge in [0.2, 0.25) is 0 Å². The average Bonchev–Trinajstić information content (AvgIpc) is 1.86. The van der Waals surface area contributed by atoms with Gasteiger partial charge < -0.3 is 4.74 Å². The molecule has 0 radical (unpaired) electrons. The molecule has 0 aliphatic carbocycles. The fourth-order valence-electron chi connectivity index (χ4n) is 0.471. The van der Waals surface area contributed by atoms with Crippen molar-refractivity contribution >= 4 is 18.6 Å². The van der Waals surface area contributed by atoms with E-state index in [-0.39, 0.29) is 4.91 Å². The quantitative estimate of drug-likeness (QED) is 0.401. The lowest BCUT2D eigenvalue weighted by atomic mass is 10.1. The van der Waals surface area contributed by atoms with Gasteiger partial charge in [-0.25, -0.2) is 4.79 Å². The van der Waals surface area contributed by atoms with Crippen LogP contribution in [0.25, 0.3) is 0 Å². The fraction of sp³-hybridized carbons (Fsp3) is 0.625. The summed E-state index contributed by atoms with van der Waals surface area (Å²) in [5, 5.41) is 0. The SMILES string of the molecule is C=C(S)C(=O)OCCC(C)C. The van der Waals surface area contributed by atoms with Gasteiger partial charge in [0.05, 0.1) is 11.5 Å². The van der Waals surface area contributed by atoms with Crippen LogP contribution >= 0.6 is 12.6 Å². The van der Waals surface area contributed by atoms with Crippen LogP contribution < -0.4 is 0 Å². The lowest BCUT2D eigenvalue weighted by Crippen LogP contribution is -2.06. The van der Waals surface area contributed by atoms with E-state index in [0.717, 1.165) is 6.42 Å². The molecule has 0 aliphatic heterocycles. The van der Waals surface area contributed by atoms with Gasteiger partial charge >= 0.3 is 5.97 Å². The van der Waals surface area contributed by atoms with Crippen molar-refractivity contribution in [3.63, 3.8) is 0 Å². The van der Waals surface area contributed by atoms with Gasteiger partial charge in [0.25, 0.3) is 0 Å². The summed E-state index contributed by atoms with van der Waals surface area (Å²) in [5.74, 6) is 0.130. The van der Waals surface area contributed by atoms with Gasteiger partial charge in [0.1, 0.15) is 0 Å². The molecule has 0 N–H and O–H groups in total. The zero-order valence-corrected chi connectivity index (χ0v) is 7.86. The highest BCUT2D eigenvalue weighted by Gasteiger charge is 2.03. The molecule has 0 atom stereocenters. The predicted molar refractivity (Wildman–Crippen MR) is 48.5 cm³/mol. The standard InChI is InChI=1S/C8H14O2S/c1-6(2)4-5-10-8(9)7(3)11/h6,11H,3-5H2,1-2H3. The summed E-state index contributed by atoms with van der Waals surface area (Å²) in [7, 11) is 0. The Labute approximate surface area is 73.0 Å². The molecule has 0 heterocycles. The zero-order valence-electron chi connectivity index (χ0n) is 6.96. The molecule has 0 saturated carbocycles. The number of rotatable bonds is 4. The summed E-state index contributed by atoms with van der Waals surface area (Å²) in [6, 6.07) is 0. The van der Waals surface area contributed by atoms with Crippen LogP contribution in [-0.4, -0.2) is 12.6 Å². The summed E-state index contributed by atoms with van der Waals surface area (Å²) in [4.78, 5) is 10.9. The molecule has 0 spiro atoms. The molecule has 2 nitrogen and oxygen atoms in total. The summed E-state index contributed by atoms with van der Waals surface area (Å²) < 4.78 is 4.80. The molecule has 0 bridgehead atoms. The maximum atomic E-state index is 10.7. The molecule has 0 aliphatic rings. The summed E-state index contributed by atoms with van der Waals surface area (Å²) in [6.45, 7) is 7.94. The monoisotopic (exact) mass is 174 g/mol. The first-order chi connectivity index (χ1) is 5.04. The molecule has 0 unspecified atom stereocenters. The summed E-state index contributed by atoms with van der Waals surface area (Å²) in [6.07, 6.45) is 0.882. The van der Waals surface area contributed by atoms with Gasteiger partial charge in [0.15, 0.2) is 0 Å². The number of carbonyl (C=O) groups is 1. The third-order valence-corrected chi connectivity index (χ3v) is 1.35. The fourth-order valence-corrected chi connectivity index (χ4v) is 0.535. The number of carbonyl (C=O) groups excluding carboxylic acids is 1.